The summed E-state index contributed by atoms with van der Waals surface area (Å²) in [6, 6.07) is 27.8. The van der Waals surface area contributed by atoms with Gasteiger partial charge in [0.15, 0.2) is 0 Å². The van der Waals surface area contributed by atoms with Crippen LogP contribution < -0.4 is 5.32 Å². The SMILES string of the molecule is CC1CC=CC=C1c1ccc(Nc2ccc(-c3ccccc3)cc2)cc1. The predicted octanol–water partition coefficient (Wildman–Crippen LogP) is 7.08. The number of hydrogen-bond acceptors (Lipinski definition) is 1. The van der Waals surface area contributed by atoms with Gasteiger partial charge in [-0.25, -0.2) is 0 Å². The van der Waals surface area contributed by atoms with Crippen LogP contribution in [0.5, 0.6) is 0 Å². The Labute approximate surface area is 155 Å². The highest BCUT2D eigenvalue weighted by atomic mass is 14.9. The van der Waals surface area contributed by atoms with Gasteiger partial charge in [-0.2, -0.15) is 0 Å². The Hall–Kier alpha value is -3.06. The van der Waals surface area contributed by atoms with Gasteiger partial charge in [0.25, 0.3) is 0 Å². The maximum Gasteiger partial charge on any atom is 0.0384 e. The first-order valence-corrected chi connectivity index (χ1v) is 9.19. The lowest BCUT2D eigenvalue weighted by molar-refractivity contribution is 0.758. The van der Waals surface area contributed by atoms with Gasteiger partial charge in [0.05, 0.1) is 0 Å². The molecule has 3 aromatic rings. The first-order chi connectivity index (χ1) is 12.8. The summed E-state index contributed by atoms with van der Waals surface area (Å²) < 4.78 is 0. The average molecular weight is 337 g/mol. The van der Waals surface area contributed by atoms with Gasteiger partial charge in [-0.3, -0.25) is 0 Å². The molecule has 1 N–H and O–H groups in total. The standard InChI is InChI=1S/C25H23N/c1-19-7-5-6-10-25(19)22-13-17-24(18-14-22)26-23-15-11-21(12-16-23)20-8-3-2-4-9-20/h2-6,8-19,26H,7H2,1H3. The molecule has 26 heavy (non-hydrogen) atoms. The summed E-state index contributed by atoms with van der Waals surface area (Å²) in [7, 11) is 0. The Kier molecular flexibility index (Phi) is 4.70. The molecule has 1 aliphatic carbocycles. The van der Waals surface area contributed by atoms with Crippen molar-refractivity contribution in [3.8, 4) is 11.1 Å². The lowest BCUT2D eigenvalue weighted by atomic mass is 9.88. The zero-order valence-electron chi connectivity index (χ0n) is 15.0. The van der Waals surface area contributed by atoms with Crippen LogP contribution in [-0.4, -0.2) is 0 Å². The highest BCUT2D eigenvalue weighted by Gasteiger charge is 2.11. The lowest BCUT2D eigenvalue weighted by Gasteiger charge is -2.18. The predicted molar refractivity (Wildman–Crippen MR) is 113 cm³/mol. The number of hydrogen-bond donors (Lipinski definition) is 1. The van der Waals surface area contributed by atoms with Gasteiger partial charge < -0.3 is 5.32 Å². The van der Waals surface area contributed by atoms with E-state index in [1.54, 1.807) is 0 Å². The zero-order chi connectivity index (χ0) is 17.8. The third kappa shape index (κ3) is 3.62. The second-order valence-electron chi connectivity index (χ2n) is 6.83. The number of rotatable bonds is 4. The first kappa shape index (κ1) is 16.4. The molecule has 4 rings (SSSR count). The second kappa shape index (κ2) is 7.45. The van der Waals surface area contributed by atoms with E-state index < -0.39 is 0 Å². The highest BCUT2D eigenvalue weighted by molar-refractivity contribution is 5.73. The summed E-state index contributed by atoms with van der Waals surface area (Å²) in [5.41, 5.74) is 7.43. The number of nitrogens with one attached hydrogen (secondary N) is 1. The van der Waals surface area contributed by atoms with E-state index in [0.29, 0.717) is 5.92 Å². The largest absolute Gasteiger partial charge is 0.356 e. The van der Waals surface area contributed by atoms with Crippen LogP contribution in [0, 0.1) is 5.92 Å². The van der Waals surface area contributed by atoms with Gasteiger partial charge in [0.1, 0.15) is 0 Å². The summed E-state index contributed by atoms with van der Waals surface area (Å²) in [6.45, 7) is 2.29. The van der Waals surface area contributed by atoms with Gasteiger partial charge in [-0.05, 0) is 58.9 Å². The Morgan fingerprint density at radius 2 is 1.27 bits per heavy atom. The number of allylic oxidation sites excluding steroid dienone is 4. The van der Waals surface area contributed by atoms with E-state index in [4.69, 9.17) is 0 Å². The Bertz CT molecular complexity index is 916. The average Bonchev–Trinajstić information content (AvgIpc) is 2.70. The maximum absolute atomic E-state index is 3.49. The van der Waals surface area contributed by atoms with E-state index in [0.717, 1.165) is 17.8 Å². The third-order valence-electron chi connectivity index (χ3n) is 4.93. The van der Waals surface area contributed by atoms with E-state index >= 15 is 0 Å². The van der Waals surface area contributed by atoms with Crippen LogP contribution in [0.25, 0.3) is 16.7 Å². The fourth-order valence-corrected chi connectivity index (χ4v) is 3.42. The molecule has 0 aliphatic heterocycles. The van der Waals surface area contributed by atoms with Gasteiger partial charge in [-0.1, -0.05) is 79.7 Å². The summed E-state index contributed by atoms with van der Waals surface area (Å²) >= 11 is 0. The zero-order valence-corrected chi connectivity index (χ0v) is 15.0. The molecule has 0 saturated carbocycles. The minimum atomic E-state index is 0.587. The van der Waals surface area contributed by atoms with Gasteiger partial charge in [-0.15, -0.1) is 0 Å². The van der Waals surface area contributed by atoms with Crippen molar-refractivity contribution in [2.45, 2.75) is 13.3 Å². The van der Waals surface area contributed by atoms with Crippen LogP contribution in [0.2, 0.25) is 0 Å². The van der Waals surface area contributed by atoms with Gasteiger partial charge >= 0.3 is 0 Å². The molecule has 0 radical (unpaired) electrons. The fourth-order valence-electron chi connectivity index (χ4n) is 3.42. The van der Waals surface area contributed by atoms with Crippen molar-refractivity contribution in [1.82, 2.24) is 0 Å². The van der Waals surface area contributed by atoms with Crippen molar-refractivity contribution in [1.29, 1.82) is 0 Å². The molecule has 3 aromatic carbocycles. The second-order valence-corrected chi connectivity index (χ2v) is 6.83. The molecule has 0 bridgehead atoms. The third-order valence-corrected chi connectivity index (χ3v) is 4.93. The summed E-state index contributed by atoms with van der Waals surface area (Å²) in [5.74, 6) is 0.587. The van der Waals surface area contributed by atoms with Crippen LogP contribution >= 0.6 is 0 Å². The van der Waals surface area contributed by atoms with E-state index in [-0.39, 0.29) is 0 Å². The quantitative estimate of drug-likeness (QED) is 0.536. The van der Waals surface area contributed by atoms with Gasteiger partial charge in [0.2, 0.25) is 0 Å². The Morgan fingerprint density at radius 1 is 0.692 bits per heavy atom. The molecule has 0 heterocycles. The minimum absolute atomic E-state index is 0.587. The summed E-state index contributed by atoms with van der Waals surface area (Å²) in [4.78, 5) is 0. The van der Waals surface area contributed by atoms with Crippen molar-refractivity contribution in [3.05, 3.63) is 103 Å². The van der Waals surface area contributed by atoms with E-state index in [2.05, 4.69) is 103 Å². The van der Waals surface area contributed by atoms with Crippen molar-refractivity contribution in [2.24, 2.45) is 5.92 Å². The molecule has 0 fully saturated rings. The molecule has 0 saturated heterocycles. The molecular weight excluding hydrogens is 314 g/mol. The molecule has 1 heteroatoms. The van der Waals surface area contributed by atoms with E-state index in [1.807, 2.05) is 6.07 Å². The van der Waals surface area contributed by atoms with Gasteiger partial charge in [0, 0.05) is 11.4 Å². The molecule has 0 amide bonds. The van der Waals surface area contributed by atoms with Crippen LogP contribution in [0.4, 0.5) is 11.4 Å². The van der Waals surface area contributed by atoms with Crippen LogP contribution in [-0.2, 0) is 0 Å². The van der Waals surface area contributed by atoms with Crippen molar-refractivity contribution in [3.63, 3.8) is 0 Å². The summed E-state index contributed by atoms with van der Waals surface area (Å²) in [5, 5.41) is 3.49. The minimum Gasteiger partial charge on any atom is -0.356 e. The van der Waals surface area contributed by atoms with Crippen LogP contribution in [0.3, 0.4) is 0 Å². The summed E-state index contributed by atoms with van der Waals surface area (Å²) in [6.07, 6.45) is 7.76. The smallest absolute Gasteiger partial charge is 0.0384 e. The van der Waals surface area contributed by atoms with Crippen LogP contribution in [0.15, 0.2) is 97.1 Å². The lowest BCUT2D eigenvalue weighted by Crippen LogP contribution is -2.00. The first-order valence-electron chi connectivity index (χ1n) is 9.19. The molecular formula is C25H23N. The normalized spacial score (nSPS) is 16.2. The molecule has 1 atom stereocenters. The van der Waals surface area contributed by atoms with E-state index in [9.17, 15) is 0 Å². The number of benzene rings is 3. The monoisotopic (exact) mass is 337 g/mol. The molecule has 1 aliphatic rings. The number of anilines is 2. The fraction of sp³-hybridized carbons (Fsp3) is 0.120. The molecule has 0 spiro atoms. The maximum atomic E-state index is 3.49. The Balaban J connectivity index is 1.47. The van der Waals surface area contributed by atoms with Crippen LogP contribution in [0.1, 0.15) is 18.9 Å². The molecule has 128 valence electrons. The Morgan fingerprint density at radius 3 is 1.88 bits per heavy atom. The van der Waals surface area contributed by atoms with Crippen molar-refractivity contribution >= 4 is 16.9 Å². The highest BCUT2D eigenvalue weighted by Crippen LogP contribution is 2.30. The van der Waals surface area contributed by atoms with Crippen molar-refractivity contribution in [2.75, 3.05) is 5.32 Å². The molecule has 1 nitrogen and oxygen atoms in total. The topological polar surface area (TPSA) is 12.0 Å². The van der Waals surface area contributed by atoms with Crippen molar-refractivity contribution < 1.29 is 0 Å². The van der Waals surface area contributed by atoms with E-state index in [1.165, 1.54) is 22.3 Å². The molecule has 1 unspecified atom stereocenters. The molecule has 0 aromatic heterocycles.